The molecule has 1 amide bonds. The van der Waals surface area contributed by atoms with Crippen molar-refractivity contribution in [1.29, 1.82) is 0 Å². The van der Waals surface area contributed by atoms with Crippen molar-refractivity contribution in [3.8, 4) is 0 Å². The molecule has 0 bridgehead atoms. The van der Waals surface area contributed by atoms with Crippen molar-refractivity contribution in [3.05, 3.63) is 0 Å². The number of rotatable bonds is 6. The second-order valence-corrected chi connectivity index (χ2v) is 3.52. The normalized spacial score (nSPS) is 12.2. The van der Waals surface area contributed by atoms with Gasteiger partial charge < -0.3 is 10.0 Å². The Morgan fingerprint density at radius 1 is 1.36 bits per heavy atom. The van der Waals surface area contributed by atoms with Gasteiger partial charge in [-0.1, -0.05) is 20.3 Å². The third-order valence-corrected chi connectivity index (χ3v) is 2.27. The fourth-order valence-electron chi connectivity index (χ4n) is 1.15. The lowest BCUT2D eigenvalue weighted by Gasteiger charge is -2.23. The van der Waals surface area contributed by atoms with E-state index in [1.54, 1.807) is 4.90 Å². The van der Waals surface area contributed by atoms with Gasteiger partial charge in [0.1, 0.15) is 6.42 Å². The van der Waals surface area contributed by atoms with Crippen LogP contribution in [0.3, 0.4) is 0 Å². The van der Waals surface area contributed by atoms with Crippen LogP contribution in [-0.4, -0.2) is 35.0 Å². The van der Waals surface area contributed by atoms with E-state index in [4.69, 9.17) is 5.11 Å². The number of carboxylic acid groups (broad SMARTS) is 1. The van der Waals surface area contributed by atoms with E-state index in [1.165, 1.54) is 0 Å². The second kappa shape index (κ2) is 6.40. The molecule has 4 heteroatoms. The van der Waals surface area contributed by atoms with Gasteiger partial charge in [-0.05, 0) is 12.8 Å². The van der Waals surface area contributed by atoms with Crippen LogP contribution in [0.2, 0.25) is 0 Å². The van der Waals surface area contributed by atoms with Gasteiger partial charge in [0.05, 0.1) is 0 Å². The lowest BCUT2D eigenvalue weighted by molar-refractivity contribution is -0.144. The van der Waals surface area contributed by atoms with Crippen molar-refractivity contribution in [1.82, 2.24) is 4.90 Å². The van der Waals surface area contributed by atoms with Crippen LogP contribution < -0.4 is 0 Å². The molecule has 1 atom stereocenters. The Bertz CT molecular complexity index is 204. The number of carboxylic acids is 1. The highest BCUT2D eigenvalue weighted by molar-refractivity contribution is 5.93. The van der Waals surface area contributed by atoms with Gasteiger partial charge in [0.15, 0.2) is 0 Å². The Kier molecular flexibility index (Phi) is 5.92. The number of hydrogen-bond donors (Lipinski definition) is 1. The minimum atomic E-state index is -1.06. The van der Waals surface area contributed by atoms with Gasteiger partial charge in [-0.25, -0.2) is 0 Å². The van der Waals surface area contributed by atoms with Gasteiger partial charge in [0.25, 0.3) is 0 Å². The highest BCUT2D eigenvalue weighted by atomic mass is 16.4. The van der Waals surface area contributed by atoms with E-state index in [2.05, 4.69) is 13.8 Å². The number of carbonyl (C=O) groups is 2. The van der Waals surface area contributed by atoms with Gasteiger partial charge in [0, 0.05) is 13.1 Å². The molecular formula is C10H19NO3. The molecule has 0 aliphatic heterocycles. The van der Waals surface area contributed by atoms with Crippen molar-refractivity contribution in [3.63, 3.8) is 0 Å². The molecule has 4 nitrogen and oxygen atoms in total. The second-order valence-electron chi connectivity index (χ2n) is 3.52. The first-order valence-electron chi connectivity index (χ1n) is 5.00. The summed E-state index contributed by atoms with van der Waals surface area (Å²) in [4.78, 5) is 23.3. The van der Waals surface area contributed by atoms with Gasteiger partial charge >= 0.3 is 5.97 Å². The van der Waals surface area contributed by atoms with E-state index < -0.39 is 12.4 Å². The van der Waals surface area contributed by atoms with Crippen molar-refractivity contribution < 1.29 is 14.7 Å². The summed E-state index contributed by atoms with van der Waals surface area (Å²) in [6.45, 7) is 7.20. The van der Waals surface area contributed by atoms with Crippen molar-refractivity contribution in [2.24, 2.45) is 5.92 Å². The van der Waals surface area contributed by atoms with Gasteiger partial charge in [-0.3, -0.25) is 9.59 Å². The van der Waals surface area contributed by atoms with Crippen LogP contribution in [0.4, 0.5) is 0 Å². The molecule has 14 heavy (non-hydrogen) atoms. The maximum absolute atomic E-state index is 11.4. The molecule has 0 aliphatic rings. The zero-order chi connectivity index (χ0) is 11.1. The largest absolute Gasteiger partial charge is 0.481 e. The molecule has 0 fully saturated rings. The summed E-state index contributed by atoms with van der Waals surface area (Å²) < 4.78 is 0. The molecule has 0 spiro atoms. The molecule has 0 aromatic heterocycles. The molecule has 82 valence electrons. The summed E-state index contributed by atoms with van der Waals surface area (Å²) in [5.74, 6) is -0.925. The van der Waals surface area contributed by atoms with Crippen LogP contribution >= 0.6 is 0 Å². The number of hydrogen-bond acceptors (Lipinski definition) is 2. The van der Waals surface area contributed by atoms with E-state index in [9.17, 15) is 9.59 Å². The Balaban J connectivity index is 4.12. The zero-order valence-corrected chi connectivity index (χ0v) is 9.12. The van der Waals surface area contributed by atoms with Crippen LogP contribution in [0.25, 0.3) is 0 Å². The molecule has 0 aromatic rings. The van der Waals surface area contributed by atoms with Crippen LogP contribution in [0.15, 0.2) is 0 Å². The third-order valence-electron chi connectivity index (χ3n) is 2.27. The highest BCUT2D eigenvalue weighted by Gasteiger charge is 2.16. The first kappa shape index (κ1) is 12.9. The average Bonchev–Trinajstić information content (AvgIpc) is 2.12. The molecule has 0 saturated heterocycles. The van der Waals surface area contributed by atoms with Gasteiger partial charge in [0.2, 0.25) is 5.91 Å². The number of amides is 1. The Morgan fingerprint density at radius 3 is 2.29 bits per heavy atom. The summed E-state index contributed by atoms with van der Waals surface area (Å²) in [5.41, 5.74) is 0. The molecule has 1 N–H and O–H groups in total. The Morgan fingerprint density at radius 2 is 1.93 bits per heavy atom. The van der Waals surface area contributed by atoms with Crippen molar-refractivity contribution in [2.45, 2.75) is 33.6 Å². The summed E-state index contributed by atoms with van der Waals surface area (Å²) in [5, 5.41) is 8.47. The number of carbonyl (C=O) groups excluding carboxylic acids is 1. The third kappa shape index (κ3) is 4.84. The first-order chi connectivity index (χ1) is 6.51. The topological polar surface area (TPSA) is 57.6 Å². The minimum Gasteiger partial charge on any atom is -0.481 e. The minimum absolute atomic E-state index is 0.291. The summed E-state index contributed by atoms with van der Waals surface area (Å²) in [7, 11) is 0. The molecule has 0 saturated carbocycles. The standard InChI is InChI=1S/C10H19NO3/c1-4-8(3)7-11(5-2)9(12)6-10(13)14/h8H,4-7H2,1-3H3,(H,13,14). The molecular weight excluding hydrogens is 182 g/mol. The summed E-state index contributed by atoms with van der Waals surface area (Å²) in [6, 6.07) is 0. The molecule has 0 radical (unpaired) electrons. The van der Waals surface area contributed by atoms with Gasteiger partial charge in [-0.2, -0.15) is 0 Å². The van der Waals surface area contributed by atoms with Crippen LogP contribution in [0.1, 0.15) is 33.6 Å². The quantitative estimate of drug-likeness (QED) is 0.660. The lowest BCUT2D eigenvalue weighted by Crippen LogP contribution is -2.35. The molecule has 0 rings (SSSR count). The smallest absolute Gasteiger partial charge is 0.312 e. The maximum Gasteiger partial charge on any atom is 0.312 e. The van der Waals surface area contributed by atoms with E-state index in [-0.39, 0.29) is 5.91 Å². The maximum atomic E-state index is 11.4. The zero-order valence-electron chi connectivity index (χ0n) is 9.12. The summed E-state index contributed by atoms with van der Waals surface area (Å²) in [6.07, 6.45) is 0.598. The van der Waals surface area contributed by atoms with E-state index >= 15 is 0 Å². The van der Waals surface area contributed by atoms with Crippen molar-refractivity contribution in [2.75, 3.05) is 13.1 Å². The molecule has 1 unspecified atom stereocenters. The first-order valence-corrected chi connectivity index (χ1v) is 5.00. The Labute approximate surface area is 84.9 Å². The number of nitrogens with zero attached hydrogens (tertiary/aromatic N) is 1. The monoisotopic (exact) mass is 201 g/mol. The van der Waals surface area contributed by atoms with Gasteiger partial charge in [-0.15, -0.1) is 0 Å². The molecule has 0 aliphatic carbocycles. The highest BCUT2D eigenvalue weighted by Crippen LogP contribution is 2.05. The van der Waals surface area contributed by atoms with Crippen LogP contribution in [-0.2, 0) is 9.59 Å². The predicted molar refractivity (Wildman–Crippen MR) is 54.0 cm³/mol. The van der Waals surface area contributed by atoms with Crippen LogP contribution in [0, 0.1) is 5.92 Å². The average molecular weight is 201 g/mol. The predicted octanol–water partition coefficient (Wildman–Crippen LogP) is 1.36. The van der Waals surface area contributed by atoms with Crippen molar-refractivity contribution >= 4 is 11.9 Å². The van der Waals surface area contributed by atoms with E-state index in [0.717, 1.165) is 6.42 Å². The van der Waals surface area contributed by atoms with Crippen LogP contribution in [0.5, 0.6) is 0 Å². The summed E-state index contributed by atoms with van der Waals surface area (Å²) >= 11 is 0. The Hall–Kier alpha value is -1.06. The fraction of sp³-hybridized carbons (Fsp3) is 0.800. The number of aliphatic carboxylic acids is 1. The lowest BCUT2D eigenvalue weighted by atomic mass is 10.1. The van der Waals surface area contributed by atoms with E-state index in [1.807, 2.05) is 6.92 Å². The fourth-order valence-corrected chi connectivity index (χ4v) is 1.15. The van der Waals surface area contributed by atoms with E-state index in [0.29, 0.717) is 19.0 Å². The molecule has 0 heterocycles. The SMILES string of the molecule is CCC(C)CN(CC)C(=O)CC(=O)O. The molecule has 0 aromatic carbocycles.